The number of nitrogens with one attached hydrogen (secondary N) is 1. The lowest BCUT2D eigenvalue weighted by Crippen LogP contribution is -2.32. The maximum absolute atomic E-state index is 9.38. The van der Waals surface area contributed by atoms with Crippen molar-refractivity contribution in [2.45, 2.75) is 37.8 Å². The van der Waals surface area contributed by atoms with E-state index in [4.69, 9.17) is 0 Å². The Balaban J connectivity index is 1.97. The molecule has 84 valence electrons. The zero-order valence-electron chi connectivity index (χ0n) is 8.58. The molecular formula is C11H16BrNOS. The van der Waals surface area contributed by atoms with Crippen molar-refractivity contribution in [3.63, 3.8) is 0 Å². The molecule has 4 heteroatoms. The highest BCUT2D eigenvalue weighted by Crippen LogP contribution is 2.27. The van der Waals surface area contributed by atoms with Gasteiger partial charge in [-0.15, -0.1) is 11.3 Å². The molecule has 15 heavy (non-hydrogen) atoms. The second-order valence-corrected chi connectivity index (χ2v) is 5.91. The Morgan fingerprint density at radius 1 is 1.53 bits per heavy atom. The van der Waals surface area contributed by atoms with Crippen molar-refractivity contribution in [1.29, 1.82) is 0 Å². The number of aliphatic hydroxyl groups excluding tert-OH is 1. The first-order valence-corrected chi connectivity index (χ1v) is 7.07. The lowest BCUT2D eigenvalue weighted by Gasteiger charge is -2.19. The van der Waals surface area contributed by atoms with E-state index in [2.05, 4.69) is 32.7 Å². The third kappa shape index (κ3) is 3.03. The van der Waals surface area contributed by atoms with Crippen LogP contribution in [0.2, 0.25) is 0 Å². The molecule has 1 saturated carbocycles. The maximum Gasteiger partial charge on any atom is 0.0652 e. The van der Waals surface area contributed by atoms with Crippen molar-refractivity contribution in [3.8, 4) is 0 Å². The van der Waals surface area contributed by atoms with Gasteiger partial charge in [0.15, 0.2) is 0 Å². The van der Waals surface area contributed by atoms with Crippen LogP contribution < -0.4 is 5.32 Å². The molecule has 1 aliphatic carbocycles. The molecule has 0 radical (unpaired) electrons. The van der Waals surface area contributed by atoms with E-state index < -0.39 is 0 Å². The summed E-state index contributed by atoms with van der Waals surface area (Å²) in [6.07, 6.45) is 5.15. The Kier molecular flexibility index (Phi) is 4.20. The van der Waals surface area contributed by atoms with Gasteiger partial charge in [0.2, 0.25) is 0 Å². The third-order valence-corrected chi connectivity index (χ3v) is 4.71. The third-order valence-electron chi connectivity index (χ3n) is 2.91. The molecular weight excluding hydrogens is 274 g/mol. The highest BCUT2D eigenvalue weighted by molar-refractivity contribution is 9.10. The fourth-order valence-corrected chi connectivity index (χ4v) is 3.61. The van der Waals surface area contributed by atoms with Crippen LogP contribution in [0, 0.1) is 0 Å². The Labute approximate surface area is 103 Å². The van der Waals surface area contributed by atoms with Crippen LogP contribution in [0.4, 0.5) is 0 Å². The van der Waals surface area contributed by atoms with Crippen LogP contribution in [-0.2, 0) is 0 Å². The van der Waals surface area contributed by atoms with E-state index in [-0.39, 0.29) is 12.6 Å². The van der Waals surface area contributed by atoms with Crippen LogP contribution >= 0.6 is 27.3 Å². The molecule has 1 unspecified atom stereocenters. The lowest BCUT2D eigenvalue weighted by atomic mass is 10.2. The molecule has 0 saturated heterocycles. The standard InChI is InChI=1S/C11H16BrNOS/c12-8-5-11(15-7-8)10(6-14)13-9-3-1-2-4-9/h5,7,9-10,13-14H,1-4,6H2. The fourth-order valence-electron chi connectivity index (χ4n) is 2.11. The Morgan fingerprint density at radius 2 is 2.27 bits per heavy atom. The van der Waals surface area contributed by atoms with Crippen molar-refractivity contribution in [1.82, 2.24) is 5.32 Å². The zero-order chi connectivity index (χ0) is 10.7. The Morgan fingerprint density at radius 3 is 2.80 bits per heavy atom. The van der Waals surface area contributed by atoms with Gasteiger partial charge < -0.3 is 10.4 Å². The van der Waals surface area contributed by atoms with Crippen LogP contribution in [0.15, 0.2) is 15.9 Å². The monoisotopic (exact) mass is 289 g/mol. The van der Waals surface area contributed by atoms with Crippen molar-refractivity contribution in [2.75, 3.05) is 6.61 Å². The van der Waals surface area contributed by atoms with Gasteiger partial charge in [-0.1, -0.05) is 12.8 Å². The van der Waals surface area contributed by atoms with E-state index in [0.29, 0.717) is 6.04 Å². The quantitative estimate of drug-likeness (QED) is 0.893. The first kappa shape index (κ1) is 11.6. The number of halogens is 1. The number of aliphatic hydroxyl groups is 1. The summed E-state index contributed by atoms with van der Waals surface area (Å²) in [6, 6.07) is 2.81. The molecule has 2 N–H and O–H groups in total. The minimum Gasteiger partial charge on any atom is -0.394 e. The van der Waals surface area contributed by atoms with Crippen LogP contribution in [0.3, 0.4) is 0 Å². The van der Waals surface area contributed by atoms with Gasteiger partial charge in [0.1, 0.15) is 0 Å². The van der Waals surface area contributed by atoms with Crippen molar-refractivity contribution >= 4 is 27.3 Å². The minimum atomic E-state index is 0.115. The van der Waals surface area contributed by atoms with E-state index in [9.17, 15) is 5.11 Å². The summed E-state index contributed by atoms with van der Waals surface area (Å²) in [5, 5.41) is 15.0. The molecule has 0 bridgehead atoms. The van der Waals surface area contributed by atoms with Crippen molar-refractivity contribution in [3.05, 3.63) is 20.8 Å². The molecule has 2 rings (SSSR count). The summed E-state index contributed by atoms with van der Waals surface area (Å²) in [7, 11) is 0. The van der Waals surface area contributed by atoms with Crippen LogP contribution in [0.1, 0.15) is 36.6 Å². The summed E-state index contributed by atoms with van der Waals surface area (Å²) >= 11 is 5.14. The maximum atomic E-state index is 9.38. The normalized spacial score (nSPS) is 19.6. The first-order chi connectivity index (χ1) is 7.29. The molecule has 0 aliphatic heterocycles. The highest BCUT2D eigenvalue weighted by atomic mass is 79.9. The number of hydrogen-bond acceptors (Lipinski definition) is 3. The molecule has 1 atom stereocenters. The van der Waals surface area contributed by atoms with Gasteiger partial charge >= 0.3 is 0 Å². The minimum absolute atomic E-state index is 0.115. The molecule has 1 fully saturated rings. The molecule has 1 aromatic rings. The number of rotatable bonds is 4. The van der Waals surface area contributed by atoms with Crippen molar-refractivity contribution < 1.29 is 5.11 Å². The summed E-state index contributed by atoms with van der Waals surface area (Å²) in [5.74, 6) is 0. The van der Waals surface area contributed by atoms with Gasteiger partial charge in [-0.05, 0) is 34.8 Å². The average molecular weight is 290 g/mol. The van der Waals surface area contributed by atoms with E-state index in [1.807, 2.05) is 0 Å². The number of thiophene rings is 1. The second kappa shape index (κ2) is 5.43. The molecule has 0 spiro atoms. The topological polar surface area (TPSA) is 32.3 Å². The van der Waals surface area contributed by atoms with E-state index in [1.165, 1.54) is 30.6 Å². The Hall–Kier alpha value is 0.1000. The van der Waals surface area contributed by atoms with Gasteiger partial charge in [0, 0.05) is 20.8 Å². The number of hydrogen-bond donors (Lipinski definition) is 2. The van der Waals surface area contributed by atoms with Gasteiger partial charge in [0.25, 0.3) is 0 Å². The lowest BCUT2D eigenvalue weighted by molar-refractivity contribution is 0.235. The molecule has 1 aliphatic rings. The van der Waals surface area contributed by atoms with E-state index in [0.717, 1.165) is 4.47 Å². The van der Waals surface area contributed by atoms with Gasteiger partial charge in [-0.2, -0.15) is 0 Å². The van der Waals surface area contributed by atoms with Crippen LogP contribution in [-0.4, -0.2) is 17.8 Å². The summed E-state index contributed by atoms with van der Waals surface area (Å²) in [6.45, 7) is 0.184. The van der Waals surface area contributed by atoms with E-state index >= 15 is 0 Å². The van der Waals surface area contributed by atoms with Crippen LogP contribution in [0.25, 0.3) is 0 Å². The second-order valence-electron chi connectivity index (χ2n) is 4.05. The van der Waals surface area contributed by atoms with Crippen molar-refractivity contribution in [2.24, 2.45) is 0 Å². The smallest absolute Gasteiger partial charge is 0.0652 e. The van der Waals surface area contributed by atoms with E-state index in [1.54, 1.807) is 11.3 Å². The SMILES string of the molecule is OCC(NC1CCCC1)c1cc(Br)cs1. The van der Waals surface area contributed by atoms with Gasteiger partial charge in [-0.25, -0.2) is 0 Å². The molecule has 1 aromatic heterocycles. The summed E-state index contributed by atoms with van der Waals surface area (Å²) in [4.78, 5) is 1.22. The van der Waals surface area contributed by atoms with Crippen LogP contribution in [0.5, 0.6) is 0 Å². The summed E-state index contributed by atoms with van der Waals surface area (Å²) < 4.78 is 1.11. The van der Waals surface area contributed by atoms with Gasteiger partial charge in [0.05, 0.1) is 12.6 Å². The first-order valence-electron chi connectivity index (χ1n) is 5.40. The average Bonchev–Trinajstić information content (AvgIpc) is 2.85. The predicted molar refractivity (Wildman–Crippen MR) is 67.2 cm³/mol. The highest BCUT2D eigenvalue weighted by Gasteiger charge is 2.20. The Bertz CT molecular complexity index is 309. The molecule has 2 nitrogen and oxygen atoms in total. The molecule has 0 amide bonds. The summed E-state index contributed by atoms with van der Waals surface area (Å²) in [5.41, 5.74) is 0. The van der Waals surface area contributed by atoms with Gasteiger partial charge in [-0.3, -0.25) is 0 Å². The largest absolute Gasteiger partial charge is 0.394 e. The fraction of sp³-hybridized carbons (Fsp3) is 0.636. The molecule has 0 aromatic carbocycles. The zero-order valence-corrected chi connectivity index (χ0v) is 11.0. The molecule has 1 heterocycles. The predicted octanol–water partition coefficient (Wildman–Crippen LogP) is 3.08.